The first kappa shape index (κ1) is 13.6. The molecule has 0 aliphatic carbocycles. The number of hydrogen-bond acceptors (Lipinski definition) is 3. The molecule has 1 heterocycles. The Bertz CT molecular complexity index is 431. The van der Waals surface area contributed by atoms with Crippen LogP contribution in [0.4, 0.5) is 5.69 Å². The van der Waals surface area contributed by atoms with Crippen molar-refractivity contribution >= 4 is 17.8 Å². The van der Waals surface area contributed by atoms with Crippen molar-refractivity contribution in [2.75, 3.05) is 18.4 Å². The molecule has 0 spiro atoms. The Hall–Kier alpha value is -1.84. The highest BCUT2D eigenvalue weighted by Crippen LogP contribution is 2.11. The highest BCUT2D eigenvalue weighted by atomic mass is 16.1. The molecule has 1 aromatic rings. The van der Waals surface area contributed by atoms with E-state index in [-0.39, 0.29) is 5.91 Å². The van der Waals surface area contributed by atoms with E-state index in [0.29, 0.717) is 0 Å². The van der Waals surface area contributed by atoms with E-state index in [1.807, 2.05) is 30.5 Å². The Morgan fingerprint density at radius 3 is 2.37 bits per heavy atom. The van der Waals surface area contributed by atoms with Crippen LogP contribution in [0.2, 0.25) is 0 Å². The van der Waals surface area contributed by atoms with Crippen molar-refractivity contribution in [1.29, 1.82) is 0 Å². The smallest absolute Gasteiger partial charge is 0.221 e. The number of carbonyl (C=O) groups is 1. The summed E-state index contributed by atoms with van der Waals surface area (Å²) < 4.78 is 0. The van der Waals surface area contributed by atoms with E-state index in [9.17, 15) is 4.79 Å². The zero-order valence-corrected chi connectivity index (χ0v) is 11.4. The van der Waals surface area contributed by atoms with Crippen molar-refractivity contribution < 1.29 is 4.79 Å². The number of hydrogen-bond donors (Lipinski definition) is 1. The maximum atomic E-state index is 10.9. The Labute approximate surface area is 114 Å². The fraction of sp³-hybridized carbons (Fsp3) is 0.467. The molecule has 1 amide bonds. The van der Waals surface area contributed by atoms with Gasteiger partial charge in [0.15, 0.2) is 0 Å². The van der Waals surface area contributed by atoms with Gasteiger partial charge in [-0.15, -0.1) is 0 Å². The topological polar surface area (TPSA) is 44.7 Å². The van der Waals surface area contributed by atoms with Crippen LogP contribution in [0, 0.1) is 0 Å². The van der Waals surface area contributed by atoms with Crippen LogP contribution in [0.3, 0.4) is 0 Å². The minimum absolute atomic E-state index is 0.0500. The lowest BCUT2D eigenvalue weighted by atomic mass is 10.2. The molecule has 0 saturated carbocycles. The summed E-state index contributed by atoms with van der Waals surface area (Å²) in [5, 5.41) is 9.42. The van der Waals surface area contributed by atoms with Crippen molar-refractivity contribution in [3.8, 4) is 0 Å². The highest BCUT2D eigenvalue weighted by molar-refractivity contribution is 5.89. The van der Waals surface area contributed by atoms with Gasteiger partial charge in [-0.1, -0.05) is 25.0 Å². The lowest BCUT2D eigenvalue weighted by Crippen LogP contribution is -2.18. The number of nitrogens with one attached hydrogen (secondary N) is 1. The SMILES string of the molecule is CC(=O)Nc1ccc(/C=N/N2CCCCCC2)cc1. The molecule has 0 atom stereocenters. The molecule has 0 unspecified atom stereocenters. The third-order valence-electron chi connectivity index (χ3n) is 3.18. The Balaban J connectivity index is 1.92. The molecule has 1 aliphatic heterocycles. The summed E-state index contributed by atoms with van der Waals surface area (Å²) in [6, 6.07) is 7.72. The van der Waals surface area contributed by atoms with Gasteiger partial charge in [0, 0.05) is 25.7 Å². The summed E-state index contributed by atoms with van der Waals surface area (Å²) in [5.74, 6) is -0.0500. The van der Waals surface area contributed by atoms with Gasteiger partial charge in [0.2, 0.25) is 5.91 Å². The first-order valence-electron chi connectivity index (χ1n) is 6.90. The van der Waals surface area contributed by atoms with Gasteiger partial charge in [0.25, 0.3) is 0 Å². The second kappa shape index (κ2) is 6.92. The molecular weight excluding hydrogens is 238 g/mol. The predicted molar refractivity (Wildman–Crippen MR) is 78.4 cm³/mol. The molecule has 2 rings (SSSR count). The summed E-state index contributed by atoms with van der Waals surface area (Å²) in [6.45, 7) is 3.62. The second-order valence-corrected chi connectivity index (χ2v) is 4.92. The maximum Gasteiger partial charge on any atom is 0.221 e. The Kier molecular flexibility index (Phi) is 4.95. The third-order valence-corrected chi connectivity index (χ3v) is 3.18. The summed E-state index contributed by atoms with van der Waals surface area (Å²) in [4.78, 5) is 10.9. The zero-order chi connectivity index (χ0) is 13.5. The van der Waals surface area contributed by atoms with Crippen molar-refractivity contribution in [3.05, 3.63) is 29.8 Å². The van der Waals surface area contributed by atoms with Crippen LogP contribution in [0.1, 0.15) is 38.2 Å². The number of benzene rings is 1. The van der Waals surface area contributed by atoms with Gasteiger partial charge in [0.05, 0.1) is 6.21 Å². The van der Waals surface area contributed by atoms with E-state index in [0.717, 1.165) is 24.3 Å². The van der Waals surface area contributed by atoms with Gasteiger partial charge in [-0.3, -0.25) is 9.80 Å². The van der Waals surface area contributed by atoms with E-state index >= 15 is 0 Å². The van der Waals surface area contributed by atoms with E-state index in [4.69, 9.17) is 0 Å². The van der Waals surface area contributed by atoms with Crippen molar-refractivity contribution in [2.45, 2.75) is 32.6 Å². The van der Waals surface area contributed by atoms with Gasteiger partial charge < -0.3 is 5.32 Å². The van der Waals surface area contributed by atoms with Crippen LogP contribution in [-0.4, -0.2) is 30.2 Å². The van der Waals surface area contributed by atoms with Crippen LogP contribution < -0.4 is 5.32 Å². The summed E-state index contributed by atoms with van der Waals surface area (Å²) >= 11 is 0. The third kappa shape index (κ3) is 4.73. The molecule has 102 valence electrons. The molecule has 1 aromatic carbocycles. The lowest BCUT2D eigenvalue weighted by Gasteiger charge is -2.15. The number of rotatable bonds is 3. The van der Waals surface area contributed by atoms with Gasteiger partial charge in [-0.25, -0.2) is 0 Å². The van der Waals surface area contributed by atoms with Crippen LogP contribution in [-0.2, 0) is 4.79 Å². The van der Waals surface area contributed by atoms with E-state index in [1.165, 1.54) is 32.6 Å². The molecular formula is C15H21N3O. The molecule has 19 heavy (non-hydrogen) atoms. The summed E-state index contributed by atoms with van der Waals surface area (Å²) in [7, 11) is 0. The average molecular weight is 259 g/mol. The number of anilines is 1. The average Bonchev–Trinajstić information content (AvgIpc) is 2.66. The molecule has 1 N–H and O–H groups in total. The minimum atomic E-state index is -0.0500. The largest absolute Gasteiger partial charge is 0.326 e. The van der Waals surface area contributed by atoms with Crippen LogP contribution >= 0.6 is 0 Å². The Morgan fingerprint density at radius 2 is 1.79 bits per heavy atom. The van der Waals surface area contributed by atoms with Crippen LogP contribution in [0.25, 0.3) is 0 Å². The normalized spacial score (nSPS) is 16.4. The van der Waals surface area contributed by atoms with Gasteiger partial charge in [0.1, 0.15) is 0 Å². The molecule has 4 nitrogen and oxygen atoms in total. The molecule has 0 aromatic heterocycles. The van der Waals surface area contributed by atoms with Crippen molar-refractivity contribution in [3.63, 3.8) is 0 Å². The quantitative estimate of drug-likeness (QED) is 0.848. The molecule has 0 bridgehead atoms. The van der Waals surface area contributed by atoms with E-state index < -0.39 is 0 Å². The maximum absolute atomic E-state index is 10.9. The lowest BCUT2D eigenvalue weighted by molar-refractivity contribution is -0.114. The first-order valence-corrected chi connectivity index (χ1v) is 6.90. The van der Waals surface area contributed by atoms with E-state index in [1.54, 1.807) is 0 Å². The minimum Gasteiger partial charge on any atom is -0.326 e. The highest BCUT2D eigenvalue weighted by Gasteiger charge is 2.05. The monoisotopic (exact) mass is 259 g/mol. The number of nitrogens with zero attached hydrogens (tertiary/aromatic N) is 2. The first-order chi connectivity index (χ1) is 9.24. The summed E-state index contributed by atoms with van der Waals surface area (Å²) in [6.07, 6.45) is 7.00. The number of hydrazone groups is 1. The number of carbonyl (C=O) groups excluding carboxylic acids is 1. The molecule has 4 heteroatoms. The van der Waals surface area contributed by atoms with Gasteiger partial charge in [-0.2, -0.15) is 5.10 Å². The van der Waals surface area contributed by atoms with Crippen molar-refractivity contribution in [1.82, 2.24) is 5.01 Å². The molecule has 1 aliphatic rings. The molecule has 1 saturated heterocycles. The number of amides is 1. The van der Waals surface area contributed by atoms with Gasteiger partial charge in [-0.05, 0) is 30.5 Å². The predicted octanol–water partition coefficient (Wildman–Crippen LogP) is 2.85. The van der Waals surface area contributed by atoms with Crippen molar-refractivity contribution in [2.24, 2.45) is 5.10 Å². The van der Waals surface area contributed by atoms with Crippen LogP contribution in [0.15, 0.2) is 29.4 Å². The standard InChI is InChI=1S/C15H21N3O/c1-13(19)17-15-8-6-14(7-9-15)12-16-18-10-4-2-3-5-11-18/h6-9,12H,2-5,10-11H2,1H3,(H,17,19)/b16-12+. The Morgan fingerprint density at radius 1 is 1.16 bits per heavy atom. The molecule has 1 fully saturated rings. The summed E-state index contributed by atoms with van der Waals surface area (Å²) in [5.41, 5.74) is 1.87. The van der Waals surface area contributed by atoms with E-state index in [2.05, 4.69) is 15.4 Å². The molecule has 0 radical (unpaired) electrons. The van der Waals surface area contributed by atoms with Gasteiger partial charge >= 0.3 is 0 Å². The zero-order valence-electron chi connectivity index (χ0n) is 11.4. The van der Waals surface area contributed by atoms with Crippen LogP contribution in [0.5, 0.6) is 0 Å². The fourth-order valence-electron chi connectivity index (χ4n) is 2.17. The fourth-order valence-corrected chi connectivity index (χ4v) is 2.17. The second-order valence-electron chi connectivity index (χ2n) is 4.92.